The van der Waals surface area contributed by atoms with Crippen LogP contribution in [0, 0.1) is 0 Å². The lowest BCUT2D eigenvalue weighted by Gasteiger charge is -2.36. The van der Waals surface area contributed by atoms with Gasteiger partial charge in [0.2, 0.25) is 0 Å². The van der Waals surface area contributed by atoms with Gasteiger partial charge >= 0.3 is 0 Å². The number of hydrogen-bond donors (Lipinski definition) is 0. The van der Waals surface area contributed by atoms with Crippen LogP contribution >= 0.6 is 0 Å². The minimum atomic E-state index is -0.538. The van der Waals surface area contributed by atoms with Crippen LogP contribution in [-0.4, -0.2) is 4.57 Å². The summed E-state index contributed by atoms with van der Waals surface area (Å²) in [7, 11) is 0. The Hall–Kier alpha value is -8.98. The molecule has 0 bridgehead atoms. The number of rotatable bonds is 5. The first-order valence-electron chi connectivity index (χ1n) is 24.0. The van der Waals surface area contributed by atoms with Gasteiger partial charge in [0.1, 0.15) is 0 Å². The quantitative estimate of drug-likeness (QED) is 0.156. The first-order valence-corrected chi connectivity index (χ1v) is 24.0. The number of hydrogen-bond acceptors (Lipinski definition) is 1. The zero-order valence-corrected chi connectivity index (χ0v) is 37.6. The normalized spacial score (nSPS) is 13.0. The largest absolute Gasteiger partial charge is 0.310 e. The minimum Gasteiger partial charge on any atom is -0.310 e. The Bertz CT molecular complexity index is 4170. The van der Waals surface area contributed by atoms with Crippen LogP contribution in [0.4, 0.5) is 17.1 Å². The summed E-state index contributed by atoms with van der Waals surface area (Å²) in [6, 6.07) is 95.1. The highest BCUT2D eigenvalue weighted by atomic mass is 15.1. The fraction of sp³-hybridized carbons (Fsp3) is 0.0149. The van der Waals surface area contributed by atoms with Crippen LogP contribution < -0.4 is 4.90 Å². The van der Waals surface area contributed by atoms with Gasteiger partial charge in [-0.05, 0) is 143 Å². The summed E-state index contributed by atoms with van der Waals surface area (Å²) in [6.45, 7) is 0. The number of para-hydroxylation sites is 2. The first-order chi connectivity index (χ1) is 34.3. The van der Waals surface area contributed by atoms with E-state index < -0.39 is 5.41 Å². The van der Waals surface area contributed by atoms with E-state index in [1.807, 2.05) is 0 Å². The van der Waals surface area contributed by atoms with Crippen LogP contribution in [-0.2, 0) is 5.41 Å². The van der Waals surface area contributed by atoms with Crippen LogP contribution in [0.2, 0.25) is 0 Å². The molecule has 2 heteroatoms. The molecule has 1 heterocycles. The second-order valence-electron chi connectivity index (χ2n) is 18.7. The number of nitrogens with zero attached hydrogens (tertiary/aromatic N) is 2. The lowest BCUT2D eigenvalue weighted by atomic mass is 9.70. The number of anilines is 3. The van der Waals surface area contributed by atoms with Gasteiger partial charge in [0.05, 0.1) is 22.1 Å². The van der Waals surface area contributed by atoms with Crippen LogP contribution in [0.1, 0.15) is 22.3 Å². The van der Waals surface area contributed by atoms with Crippen molar-refractivity contribution in [2.75, 3.05) is 4.90 Å². The molecule has 0 N–H and O–H groups in total. The zero-order valence-electron chi connectivity index (χ0n) is 37.6. The van der Waals surface area contributed by atoms with Crippen molar-refractivity contribution in [3.05, 3.63) is 277 Å². The molecule has 2 nitrogen and oxygen atoms in total. The third-order valence-corrected chi connectivity index (χ3v) is 15.3. The van der Waals surface area contributed by atoms with Crippen molar-refractivity contribution in [3.63, 3.8) is 0 Å². The topological polar surface area (TPSA) is 8.17 Å². The molecular formula is C67H42N2. The Balaban J connectivity index is 1.01. The summed E-state index contributed by atoms with van der Waals surface area (Å²) in [5.74, 6) is 0. The van der Waals surface area contributed by atoms with Crippen molar-refractivity contribution < 1.29 is 0 Å². The molecule has 0 unspecified atom stereocenters. The van der Waals surface area contributed by atoms with E-state index in [0.29, 0.717) is 0 Å². The molecule has 0 amide bonds. The van der Waals surface area contributed by atoms with E-state index in [-0.39, 0.29) is 0 Å². The van der Waals surface area contributed by atoms with Crippen molar-refractivity contribution in [2.45, 2.75) is 5.41 Å². The van der Waals surface area contributed by atoms with E-state index in [1.54, 1.807) is 0 Å². The zero-order chi connectivity index (χ0) is 45.2. The van der Waals surface area contributed by atoms with Crippen LogP contribution in [0.15, 0.2) is 255 Å². The molecule has 0 saturated carbocycles. The van der Waals surface area contributed by atoms with Gasteiger partial charge in [-0.2, -0.15) is 0 Å². The van der Waals surface area contributed by atoms with Crippen LogP contribution in [0.5, 0.6) is 0 Å². The van der Waals surface area contributed by atoms with Gasteiger partial charge in [0.15, 0.2) is 0 Å². The first kappa shape index (κ1) is 38.2. The van der Waals surface area contributed by atoms with Gasteiger partial charge in [0.25, 0.3) is 0 Å². The maximum Gasteiger partial charge on any atom is 0.0746 e. The summed E-state index contributed by atoms with van der Waals surface area (Å²) >= 11 is 0. The summed E-state index contributed by atoms with van der Waals surface area (Å²) in [6.07, 6.45) is 0. The molecule has 15 rings (SSSR count). The smallest absolute Gasteiger partial charge is 0.0746 e. The van der Waals surface area contributed by atoms with E-state index >= 15 is 0 Å². The second kappa shape index (κ2) is 14.5. The van der Waals surface area contributed by atoms with E-state index in [1.165, 1.54) is 104 Å². The molecule has 69 heavy (non-hydrogen) atoms. The molecule has 1 aromatic heterocycles. The molecule has 2 aliphatic carbocycles. The Kier molecular flexibility index (Phi) is 8.02. The summed E-state index contributed by atoms with van der Waals surface area (Å²) in [5, 5.41) is 10.0. The molecule has 0 radical (unpaired) electrons. The number of aromatic nitrogens is 1. The Labute approximate surface area is 400 Å². The van der Waals surface area contributed by atoms with Gasteiger partial charge in [-0.25, -0.2) is 0 Å². The van der Waals surface area contributed by atoms with E-state index in [4.69, 9.17) is 0 Å². The minimum absolute atomic E-state index is 0.538. The van der Waals surface area contributed by atoms with E-state index in [0.717, 1.165) is 28.3 Å². The monoisotopic (exact) mass is 874 g/mol. The highest BCUT2D eigenvalue weighted by molar-refractivity contribution is 6.26. The third kappa shape index (κ3) is 5.26. The molecule has 13 aromatic rings. The molecule has 320 valence electrons. The fourth-order valence-corrected chi connectivity index (χ4v) is 12.6. The highest BCUT2D eigenvalue weighted by Crippen LogP contribution is 2.65. The van der Waals surface area contributed by atoms with Crippen LogP contribution in [0.25, 0.3) is 93.2 Å². The molecule has 1 spiro atoms. The standard InChI is InChI=1S/C67H42N2/c1-2-19-45(20-3-1)69-63-34-15-11-29-56(63)59-41-44(36-39-64(59)69)43-18-16-21-46(40-43)68(47-37-38-52-50-24-5-4-22-48(50)49-23-6-7-25-51(49)58(52)42-47)65-35-17-30-57-55-28-10-14-33-62(55)67(66(57)65)60-31-12-8-26-53(60)54-27-9-13-32-61(54)67/h1-42H. The predicted octanol–water partition coefficient (Wildman–Crippen LogP) is 17.7. The average molecular weight is 875 g/mol. The lowest BCUT2D eigenvalue weighted by molar-refractivity contribution is 0.793. The van der Waals surface area contributed by atoms with E-state index in [9.17, 15) is 0 Å². The van der Waals surface area contributed by atoms with Crippen molar-refractivity contribution >= 4 is 71.2 Å². The maximum absolute atomic E-state index is 2.56. The van der Waals surface area contributed by atoms with Gasteiger partial charge in [0, 0.05) is 33.4 Å². The molecule has 2 aliphatic rings. The van der Waals surface area contributed by atoms with Crippen LogP contribution in [0.3, 0.4) is 0 Å². The van der Waals surface area contributed by atoms with Gasteiger partial charge in [-0.3, -0.25) is 0 Å². The van der Waals surface area contributed by atoms with Crippen molar-refractivity contribution in [1.82, 2.24) is 4.57 Å². The third-order valence-electron chi connectivity index (χ3n) is 15.3. The summed E-state index contributed by atoms with van der Waals surface area (Å²) < 4.78 is 2.39. The highest BCUT2D eigenvalue weighted by Gasteiger charge is 2.53. The fourth-order valence-electron chi connectivity index (χ4n) is 12.6. The van der Waals surface area contributed by atoms with Crippen molar-refractivity contribution in [3.8, 4) is 39.1 Å². The molecule has 12 aromatic carbocycles. The SMILES string of the molecule is c1ccc(-n2c3ccccc3c3cc(-c4cccc(N(c5ccc6c7ccccc7c7ccccc7c6c5)c5cccc6c5C5(c7ccccc7-c7ccccc75)c5ccccc5-6)c4)ccc32)cc1. The Morgan fingerprint density at radius 1 is 0.290 bits per heavy atom. The molecule has 0 aliphatic heterocycles. The Morgan fingerprint density at radius 2 is 0.783 bits per heavy atom. The van der Waals surface area contributed by atoms with Gasteiger partial charge < -0.3 is 9.47 Å². The predicted molar refractivity (Wildman–Crippen MR) is 290 cm³/mol. The summed E-state index contributed by atoms with van der Waals surface area (Å²) in [4.78, 5) is 2.56. The Morgan fingerprint density at radius 3 is 1.46 bits per heavy atom. The number of benzene rings is 12. The van der Waals surface area contributed by atoms with E-state index in [2.05, 4.69) is 264 Å². The van der Waals surface area contributed by atoms with Gasteiger partial charge in [-0.15, -0.1) is 0 Å². The lowest BCUT2D eigenvalue weighted by Crippen LogP contribution is -2.28. The van der Waals surface area contributed by atoms with Crippen molar-refractivity contribution in [1.29, 1.82) is 0 Å². The summed E-state index contributed by atoms with van der Waals surface area (Å²) in [5.41, 5.74) is 19.2. The molecular weight excluding hydrogens is 833 g/mol. The maximum atomic E-state index is 2.56. The van der Waals surface area contributed by atoms with Gasteiger partial charge in [-0.1, -0.05) is 194 Å². The second-order valence-corrected chi connectivity index (χ2v) is 18.7. The number of fused-ring (bicyclic) bond motifs is 19. The molecule has 0 saturated heterocycles. The molecule has 0 atom stereocenters. The van der Waals surface area contributed by atoms with Crippen molar-refractivity contribution in [2.24, 2.45) is 0 Å². The molecule has 0 fully saturated rings. The average Bonchev–Trinajstić information content (AvgIpc) is 4.03.